The monoisotopic (exact) mass is 318 g/mol. The van der Waals surface area contributed by atoms with E-state index in [1.807, 2.05) is 18.4 Å². The number of likely N-dealkylation sites (N-methyl/N-ethyl adjacent to an activating group) is 1. The summed E-state index contributed by atoms with van der Waals surface area (Å²) in [6, 6.07) is 5.61. The largest absolute Gasteiger partial charge is 0.465 e. The van der Waals surface area contributed by atoms with Gasteiger partial charge in [-0.2, -0.15) is 0 Å². The molecule has 22 heavy (non-hydrogen) atoms. The van der Waals surface area contributed by atoms with Crippen molar-refractivity contribution in [2.24, 2.45) is 0 Å². The summed E-state index contributed by atoms with van der Waals surface area (Å²) in [6.07, 6.45) is 3.64. The van der Waals surface area contributed by atoms with Crippen molar-refractivity contribution in [2.75, 3.05) is 14.2 Å². The van der Waals surface area contributed by atoms with Gasteiger partial charge in [0.05, 0.1) is 18.2 Å². The summed E-state index contributed by atoms with van der Waals surface area (Å²) < 4.78 is 4.65. The minimum Gasteiger partial charge on any atom is -0.465 e. The molecule has 0 aliphatic heterocycles. The molecule has 2 aromatic heterocycles. The summed E-state index contributed by atoms with van der Waals surface area (Å²) in [5, 5.41) is 2.02. The third-order valence-corrected chi connectivity index (χ3v) is 4.36. The fourth-order valence-electron chi connectivity index (χ4n) is 2.05. The van der Waals surface area contributed by atoms with Crippen molar-refractivity contribution in [3.8, 4) is 0 Å². The molecule has 116 valence electrons. The first-order valence-electron chi connectivity index (χ1n) is 6.86. The van der Waals surface area contributed by atoms with E-state index in [2.05, 4.69) is 15.8 Å². The number of carbonyl (C=O) groups is 2. The van der Waals surface area contributed by atoms with Crippen LogP contribution in [0.5, 0.6) is 0 Å². The molecule has 1 amide bonds. The number of amides is 1. The molecule has 0 unspecified atom stereocenters. The van der Waals surface area contributed by atoms with E-state index in [0.29, 0.717) is 5.56 Å². The molecule has 0 aliphatic carbocycles. The van der Waals surface area contributed by atoms with Crippen LogP contribution in [0.2, 0.25) is 0 Å². The summed E-state index contributed by atoms with van der Waals surface area (Å²) in [7, 11) is 3.05. The molecule has 5 nitrogen and oxygen atoms in total. The Hall–Kier alpha value is -2.21. The van der Waals surface area contributed by atoms with Crippen LogP contribution in [-0.4, -0.2) is 42.0 Å². The third-order valence-electron chi connectivity index (χ3n) is 3.46. The van der Waals surface area contributed by atoms with Crippen LogP contribution in [0.3, 0.4) is 0 Å². The van der Waals surface area contributed by atoms with E-state index in [4.69, 9.17) is 0 Å². The number of rotatable bonds is 5. The van der Waals surface area contributed by atoms with E-state index < -0.39 is 5.97 Å². The molecule has 0 aliphatic rings. The van der Waals surface area contributed by atoms with Gasteiger partial charge in [-0.05, 0) is 24.4 Å². The Balaban J connectivity index is 2.11. The van der Waals surface area contributed by atoms with E-state index in [0.717, 1.165) is 6.42 Å². The number of hydrogen-bond donors (Lipinski definition) is 0. The number of ether oxygens (including phenoxy) is 1. The summed E-state index contributed by atoms with van der Waals surface area (Å²) in [5.74, 6) is -0.668. The fraction of sp³-hybridized carbons (Fsp3) is 0.312. The van der Waals surface area contributed by atoms with Crippen LogP contribution < -0.4 is 0 Å². The van der Waals surface area contributed by atoms with Crippen molar-refractivity contribution in [2.45, 2.75) is 19.4 Å². The normalized spacial score (nSPS) is 11.8. The highest BCUT2D eigenvalue weighted by Crippen LogP contribution is 2.15. The molecule has 2 heterocycles. The SMILES string of the molecule is COC(=O)c1cncc(C(=O)N(C)[C@@H](C)Cc2cccs2)c1. The highest BCUT2D eigenvalue weighted by molar-refractivity contribution is 7.09. The van der Waals surface area contributed by atoms with E-state index in [9.17, 15) is 9.59 Å². The lowest BCUT2D eigenvalue weighted by atomic mass is 10.1. The van der Waals surface area contributed by atoms with Crippen molar-refractivity contribution < 1.29 is 14.3 Å². The number of carbonyl (C=O) groups excluding carboxylic acids is 2. The molecule has 0 fully saturated rings. The predicted molar refractivity (Wildman–Crippen MR) is 85.2 cm³/mol. The molecular formula is C16H18N2O3S. The first-order chi connectivity index (χ1) is 10.5. The van der Waals surface area contributed by atoms with Crippen LogP contribution >= 0.6 is 11.3 Å². The predicted octanol–water partition coefficient (Wildman–Crippen LogP) is 2.63. The van der Waals surface area contributed by atoms with Gasteiger partial charge in [0.2, 0.25) is 0 Å². The highest BCUT2D eigenvalue weighted by Gasteiger charge is 2.19. The minimum absolute atomic E-state index is 0.0490. The number of hydrogen-bond acceptors (Lipinski definition) is 5. The lowest BCUT2D eigenvalue weighted by Crippen LogP contribution is -2.36. The van der Waals surface area contributed by atoms with Crippen LogP contribution in [0.1, 0.15) is 32.5 Å². The van der Waals surface area contributed by atoms with Crippen LogP contribution in [-0.2, 0) is 11.2 Å². The van der Waals surface area contributed by atoms with E-state index in [1.165, 1.54) is 30.4 Å². The zero-order valence-corrected chi connectivity index (χ0v) is 13.6. The van der Waals surface area contributed by atoms with Crippen LogP contribution in [0, 0.1) is 0 Å². The second kappa shape index (κ2) is 7.17. The molecule has 6 heteroatoms. The number of pyridine rings is 1. The smallest absolute Gasteiger partial charge is 0.339 e. The maximum atomic E-state index is 12.5. The molecular weight excluding hydrogens is 300 g/mol. The van der Waals surface area contributed by atoms with Gasteiger partial charge in [-0.1, -0.05) is 6.07 Å². The first kappa shape index (κ1) is 16.2. The molecule has 0 aromatic carbocycles. The Labute approximate surface area is 133 Å². The average molecular weight is 318 g/mol. The standard InChI is InChI=1S/C16H18N2O3S/c1-11(7-14-5-4-6-22-14)18(2)15(19)12-8-13(10-17-9-12)16(20)21-3/h4-6,8-11H,7H2,1-3H3/t11-/m0/s1. The van der Waals surface area contributed by atoms with Crippen LogP contribution in [0.25, 0.3) is 0 Å². The molecule has 0 spiro atoms. The number of esters is 1. The minimum atomic E-state index is -0.503. The molecule has 2 rings (SSSR count). The van der Waals surface area contributed by atoms with Gasteiger partial charge in [0.1, 0.15) is 0 Å². The van der Waals surface area contributed by atoms with E-state index in [1.54, 1.807) is 23.3 Å². The molecule has 0 saturated carbocycles. The molecule has 0 radical (unpaired) electrons. The quantitative estimate of drug-likeness (QED) is 0.795. The second-order valence-electron chi connectivity index (χ2n) is 5.00. The highest BCUT2D eigenvalue weighted by atomic mass is 32.1. The van der Waals surface area contributed by atoms with E-state index in [-0.39, 0.29) is 17.5 Å². The van der Waals surface area contributed by atoms with Gasteiger partial charge in [0.15, 0.2) is 0 Å². The molecule has 0 bridgehead atoms. The number of aromatic nitrogens is 1. The summed E-state index contributed by atoms with van der Waals surface area (Å²) in [4.78, 5) is 30.9. The van der Waals surface area contributed by atoms with Crippen molar-refractivity contribution in [3.63, 3.8) is 0 Å². The van der Waals surface area contributed by atoms with Gasteiger partial charge in [-0.3, -0.25) is 9.78 Å². The van der Waals surface area contributed by atoms with Crippen LogP contribution in [0.4, 0.5) is 0 Å². The zero-order valence-electron chi connectivity index (χ0n) is 12.8. The third kappa shape index (κ3) is 3.71. The zero-order chi connectivity index (χ0) is 16.1. The Kier molecular flexibility index (Phi) is 5.27. The van der Waals surface area contributed by atoms with Gasteiger partial charge in [0.25, 0.3) is 5.91 Å². The topological polar surface area (TPSA) is 59.5 Å². The van der Waals surface area contributed by atoms with Gasteiger partial charge in [0, 0.05) is 36.8 Å². The summed E-state index contributed by atoms with van der Waals surface area (Å²) in [6.45, 7) is 2.00. The van der Waals surface area contributed by atoms with E-state index >= 15 is 0 Å². The summed E-state index contributed by atoms with van der Waals surface area (Å²) in [5.41, 5.74) is 0.649. The maximum absolute atomic E-state index is 12.5. The molecule has 2 aromatic rings. The van der Waals surface area contributed by atoms with Crippen molar-refractivity contribution >= 4 is 23.2 Å². The van der Waals surface area contributed by atoms with Gasteiger partial charge >= 0.3 is 5.97 Å². The molecule has 0 N–H and O–H groups in total. The van der Waals surface area contributed by atoms with Gasteiger partial charge in [-0.25, -0.2) is 4.79 Å². The lowest BCUT2D eigenvalue weighted by molar-refractivity contribution is 0.0600. The Morgan fingerprint density at radius 2 is 2.09 bits per heavy atom. The fourth-order valence-corrected chi connectivity index (χ4v) is 2.87. The van der Waals surface area contributed by atoms with Crippen molar-refractivity contribution in [1.29, 1.82) is 0 Å². The van der Waals surface area contributed by atoms with Gasteiger partial charge < -0.3 is 9.64 Å². The Morgan fingerprint density at radius 3 is 2.73 bits per heavy atom. The average Bonchev–Trinajstić information content (AvgIpc) is 3.05. The second-order valence-corrected chi connectivity index (χ2v) is 6.03. The molecule has 0 saturated heterocycles. The summed E-state index contributed by atoms with van der Waals surface area (Å²) >= 11 is 1.67. The Bertz CT molecular complexity index is 655. The Morgan fingerprint density at radius 1 is 1.36 bits per heavy atom. The lowest BCUT2D eigenvalue weighted by Gasteiger charge is -2.24. The van der Waals surface area contributed by atoms with Crippen LogP contribution in [0.15, 0.2) is 36.0 Å². The molecule has 1 atom stereocenters. The maximum Gasteiger partial charge on any atom is 0.339 e. The number of thiophene rings is 1. The van der Waals surface area contributed by atoms with Crippen molar-refractivity contribution in [1.82, 2.24) is 9.88 Å². The number of methoxy groups -OCH3 is 1. The number of nitrogens with zero attached hydrogens (tertiary/aromatic N) is 2. The van der Waals surface area contributed by atoms with Crippen molar-refractivity contribution in [3.05, 3.63) is 52.0 Å². The van der Waals surface area contributed by atoms with Gasteiger partial charge in [-0.15, -0.1) is 11.3 Å². The first-order valence-corrected chi connectivity index (χ1v) is 7.73.